The highest BCUT2D eigenvalue weighted by molar-refractivity contribution is 7.12. The summed E-state index contributed by atoms with van der Waals surface area (Å²) in [6, 6.07) is 9.97. The molecule has 0 spiro atoms. The zero-order valence-electron chi connectivity index (χ0n) is 13.0. The fraction of sp³-hybridized carbons (Fsp3) is 0.353. The van der Waals surface area contributed by atoms with E-state index in [1.54, 1.807) is 0 Å². The van der Waals surface area contributed by atoms with Crippen molar-refractivity contribution in [3.8, 4) is 0 Å². The Labute approximate surface area is 130 Å². The summed E-state index contributed by atoms with van der Waals surface area (Å²) in [4.78, 5) is 14.6. The van der Waals surface area contributed by atoms with Crippen LogP contribution in [0, 0.1) is 13.8 Å². The van der Waals surface area contributed by atoms with Crippen LogP contribution in [0.2, 0.25) is 0 Å². The van der Waals surface area contributed by atoms with Crippen LogP contribution >= 0.6 is 11.3 Å². The number of hydrogen-bond acceptors (Lipinski definition) is 3. The third kappa shape index (κ3) is 4.33. The monoisotopic (exact) mass is 302 g/mol. The van der Waals surface area contributed by atoms with Crippen LogP contribution in [0.3, 0.4) is 0 Å². The molecule has 0 atom stereocenters. The Morgan fingerprint density at radius 2 is 1.86 bits per heavy atom. The van der Waals surface area contributed by atoms with Gasteiger partial charge in [0, 0.05) is 33.6 Å². The largest absolute Gasteiger partial charge is 0.381 e. The van der Waals surface area contributed by atoms with E-state index in [-0.39, 0.29) is 11.9 Å². The van der Waals surface area contributed by atoms with Crippen LogP contribution in [-0.2, 0) is 6.54 Å². The van der Waals surface area contributed by atoms with Gasteiger partial charge >= 0.3 is 0 Å². The molecular formula is C17H22N2OS. The lowest BCUT2D eigenvalue weighted by Gasteiger charge is -2.10. The lowest BCUT2D eigenvalue weighted by Crippen LogP contribution is -2.29. The van der Waals surface area contributed by atoms with Gasteiger partial charge in [-0.1, -0.05) is 0 Å². The second kappa shape index (κ2) is 6.76. The second-order valence-electron chi connectivity index (χ2n) is 5.50. The van der Waals surface area contributed by atoms with E-state index in [0.29, 0.717) is 5.56 Å². The number of amides is 1. The first-order chi connectivity index (χ1) is 9.95. The average molecular weight is 302 g/mol. The van der Waals surface area contributed by atoms with Gasteiger partial charge in [0.2, 0.25) is 0 Å². The summed E-state index contributed by atoms with van der Waals surface area (Å²) < 4.78 is 0. The quantitative estimate of drug-likeness (QED) is 0.872. The lowest BCUT2D eigenvalue weighted by atomic mass is 10.1. The molecule has 2 aromatic rings. The average Bonchev–Trinajstić information content (AvgIpc) is 2.74. The smallest absolute Gasteiger partial charge is 0.251 e. The molecule has 4 heteroatoms. The van der Waals surface area contributed by atoms with Crippen molar-refractivity contribution in [1.82, 2.24) is 5.32 Å². The lowest BCUT2D eigenvalue weighted by molar-refractivity contribution is 0.0943. The van der Waals surface area contributed by atoms with Gasteiger partial charge in [-0.3, -0.25) is 4.79 Å². The maximum atomic E-state index is 11.9. The van der Waals surface area contributed by atoms with Crippen LogP contribution in [0.4, 0.5) is 5.69 Å². The minimum absolute atomic E-state index is 0.0270. The van der Waals surface area contributed by atoms with Gasteiger partial charge in [0.05, 0.1) is 0 Å². The predicted molar refractivity (Wildman–Crippen MR) is 90.2 cm³/mol. The number of thiophene rings is 1. The molecule has 0 aliphatic rings. The first kappa shape index (κ1) is 15.6. The topological polar surface area (TPSA) is 41.1 Å². The maximum absolute atomic E-state index is 11.9. The molecular weight excluding hydrogens is 280 g/mol. The van der Waals surface area contributed by atoms with Gasteiger partial charge in [0.1, 0.15) is 0 Å². The van der Waals surface area contributed by atoms with Crippen LogP contribution in [0.25, 0.3) is 0 Å². The minimum atomic E-state index is -0.0270. The molecule has 2 rings (SSSR count). The molecule has 1 aromatic carbocycles. The first-order valence-electron chi connectivity index (χ1n) is 7.16. The summed E-state index contributed by atoms with van der Waals surface area (Å²) in [7, 11) is 0. The van der Waals surface area contributed by atoms with E-state index in [0.717, 1.165) is 12.2 Å². The van der Waals surface area contributed by atoms with Crippen LogP contribution in [0.1, 0.15) is 39.5 Å². The highest BCUT2D eigenvalue weighted by atomic mass is 32.1. The Hall–Kier alpha value is -1.81. The van der Waals surface area contributed by atoms with E-state index in [2.05, 4.69) is 30.5 Å². The van der Waals surface area contributed by atoms with E-state index in [1.165, 1.54) is 15.3 Å². The Bertz CT molecular complexity index is 614. The first-order valence-corrected chi connectivity index (χ1v) is 7.98. The molecule has 0 saturated carbocycles. The van der Waals surface area contributed by atoms with E-state index in [1.807, 2.05) is 49.4 Å². The van der Waals surface area contributed by atoms with E-state index >= 15 is 0 Å². The molecule has 1 aromatic heterocycles. The highest BCUT2D eigenvalue weighted by Crippen LogP contribution is 2.21. The van der Waals surface area contributed by atoms with Crippen LogP contribution < -0.4 is 10.6 Å². The zero-order chi connectivity index (χ0) is 15.4. The zero-order valence-corrected chi connectivity index (χ0v) is 13.8. The number of rotatable bonds is 5. The number of aryl methyl sites for hydroxylation is 2. The summed E-state index contributed by atoms with van der Waals surface area (Å²) in [5, 5.41) is 6.29. The summed E-state index contributed by atoms with van der Waals surface area (Å²) >= 11 is 1.82. The molecule has 0 bridgehead atoms. The summed E-state index contributed by atoms with van der Waals surface area (Å²) in [5.74, 6) is -0.0270. The number of carbonyl (C=O) groups excluding carboxylic acids is 1. The maximum Gasteiger partial charge on any atom is 0.251 e. The molecule has 0 aliphatic carbocycles. The third-order valence-corrected chi connectivity index (χ3v) is 4.20. The molecule has 1 heterocycles. The molecule has 112 valence electrons. The number of nitrogens with one attached hydrogen (secondary N) is 2. The van der Waals surface area contributed by atoms with Gasteiger partial charge in [-0.25, -0.2) is 0 Å². The molecule has 0 unspecified atom stereocenters. The summed E-state index contributed by atoms with van der Waals surface area (Å²) in [6.45, 7) is 9.00. The Morgan fingerprint density at radius 3 is 2.38 bits per heavy atom. The standard InChI is InChI=1S/C17H22N2OS/c1-11(2)19-17(20)14-5-7-16(8-6-14)18-10-15-9-12(3)21-13(15)4/h5-9,11,18H,10H2,1-4H3,(H,19,20). The van der Waals surface area contributed by atoms with Crippen molar-refractivity contribution in [1.29, 1.82) is 0 Å². The Morgan fingerprint density at radius 1 is 1.19 bits per heavy atom. The molecule has 0 aliphatic heterocycles. The van der Waals surface area contributed by atoms with Crippen molar-refractivity contribution < 1.29 is 4.79 Å². The van der Waals surface area contributed by atoms with E-state index < -0.39 is 0 Å². The van der Waals surface area contributed by atoms with Crippen molar-refractivity contribution in [2.24, 2.45) is 0 Å². The van der Waals surface area contributed by atoms with Crippen LogP contribution in [-0.4, -0.2) is 11.9 Å². The van der Waals surface area contributed by atoms with Crippen molar-refractivity contribution in [2.45, 2.75) is 40.3 Å². The van der Waals surface area contributed by atoms with Crippen LogP contribution in [0.5, 0.6) is 0 Å². The Balaban J connectivity index is 1.96. The Kier molecular flexibility index (Phi) is 5.02. The van der Waals surface area contributed by atoms with Crippen molar-refractivity contribution >= 4 is 22.9 Å². The van der Waals surface area contributed by atoms with Crippen molar-refractivity contribution in [2.75, 3.05) is 5.32 Å². The minimum Gasteiger partial charge on any atom is -0.381 e. The number of benzene rings is 1. The van der Waals surface area contributed by atoms with Gasteiger partial charge in [-0.15, -0.1) is 11.3 Å². The van der Waals surface area contributed by atoms with Gasteiger partial charge in [-0.05, 0) is 63.6 Å². The van der Waals surface area contributed by atoms with Crippen molar-refractivity contribution in [3.05, 3.63) is 51.2 Å². The predicted octanol–water partition coefficient (Wildman–Crippen LogP) is 4.12. The molecule has 2 N–H and O–H groups in total. The fourth-order valence-electron chi connectivity index (χ4n) is 2.14. The van der Waals surface area contributed by atoms with Gasteiger partial charge in [0.25, 0.3) is 5.91 Å². The normalized spacial score (nSPS) is 10.7. The van der Waals surface area contributed by atoms with Gasteiger partial charge in [-0.2, -0.15) is 0 Å². The fourth-order valence-corrected chi connectivity index (χ4v) is 3.09. The van der Waals surface area contributed by atoms with Crippen molar-refractivity contribution in [3.63, 3.8) is 0 Å². The molecule has 21 heavy (non-hydrogen) atoms. The summed E-state index contributed by atoms with van der Waals surface area (Å²) in [6.07, 6.45) is 0. The van der Waals surface area contributed by atoms with E-state index in [9.17, 15) is 4.79 Å². The van der Waals surface area contributed by atoms with Crippen LogP contribution in [0.15, 0.2) is 30.3 Å². The molecule has 3 nitrogen and oxygen atoms in total. The van der Waals surface area contributed by atoms with Gasteiger partial charge < -0.3 is 10.6 Å². The number of carbonyl (C=O) groups is 1. The second-order valence-corrected chi connectivity index (χ2v) is 6.96. The third-order valence-electron chi connectivity index (χ3n) is 3.19. The van der Waals surface area contributed by atoms with Gasteiger partial charge in [0.15, 0.2) is 0 Å². The molecule has 0 radical (unpaired) electrons. The highest BCUT2D eigenvalue weighted by Gasteiger charge is 2.07. The van der Waals surface area contributed by atoms with E-state index in [4.69, 9.17) is 0 Å². The molecule has 0 saturated heterocycles. The summed E-state index contributed by atoms with van der Waals surface area (Å²) in [5.41, 5.74) is 3.05. The molecule has 1 amide bonds. The SMILES string of the molecule is Cc1cc(CNc2ccc(C(=O)NC(C)C)cc2)c(C)s1. The number of hydrogen-bond donors (Lipinski definition) is 2. The number of anilines is 1. The molecule has 0 fully saturated rings.